The van der Waals surface area contributed by atoms with E-state index in [-0.39, 0.29) is 25.4 Å². The Hall–Kier alpha value is -4.33. The van der Waals surface area contributed by atoms with Crippen molar-refractivity contribution in [2.75, 3.05) is 0 Å². The molecule has 42 heavy (non-hydrogen) atoms. The molecule has 9 rings (SSSR count). The molecule has 1 aliphatic carbocycles. The molecule has 6 aromatic rings. The molecule has 2 heterocycles. The third-order valence-corrected chi connectivity index (χ3v) is 13.2. The number of sulfone groups is 2. The minimum Gasteiger partial charge on any atom is -0.298 e. The number of carbonyl (C=O) groups is 1. The summed E-state index contributed by atoms with van der Waals surface area (Å²) in [4.78, 5) is 15.4. The number of rotatable bonds is 0. The summed E-state index contributed by atoms with van der Waals surface area (Å²) in [5.41, 5.74) is 3.23. The summed E-state index contributed by atoms with van der Waals surface area (Å²) in [6, 6.07) is 25.5. The molecule has 0 fully saturated rings. The number of Topliss-reactive ketones (excluding diaryl/α,β-unsaturated/α-hetero) is 1. The van der Waals surface area contributed by atoms with E-state index >= 15 is 0 Å². The SMILES string of the molecule is Cc1cc2c3c4c5c(cc(C)c14)S(=O)(=O)c1cc4ccccc4cc1C5C(=O)C3c1cc3ccccc3cc1S2(=O)=O. The maximum atomic E-state index is 15.0. The average molecular weight is 587 g/mol. The van der Waals surface area contributed by atoms with Crippen LogP contribution in [0.2, 0.25) is 0 Å². The van der Waals surface area contributed by atoms with Gasteiger partial charge in [-0.3, -0.25) is 4.79 Å². The molecule has 6 aromatic carbocycles. The average Bonchev–Trinajstić information content (AvgIpc) is 2.96. The van der Waals surface area contributed by atoms with Crippen LogP contribution in [0, 0.1) is 13.8 Å². The Bertz CT molecular complexity index is 2370. The standard InChI is InChI=1S/C35H22O5S2/c1-17-11-27-32-30(23-13-19-7-3-5-9-21(19)15-25(23)41(27,37)38)35(36)31-24-14-20-8-4-6-10-22(20)16-26(24)42(39,40)28-12-18(2)29(17)34(32)33(28)31/h3-16,30-31H,1-2H3. The predicted octanol–water partition coefficient (Wildman–Crippen LogP) is 6.90. The topological polar surface area (TPSA) is 85.3 Å². The minimum atomic E-state index is -4.00. The Morgan fingerprint density at radius 2 is 0.881 bits per heavy atom. The number of hydrogen-bond donors (Lipinski definition) is 0. The second-order valence-electron chi connectivity index (χ2n) is 11.7. The summed E-state index contributed by atoms with van der Waals surface area (Å²) in [6.07, 6.45) is 0. The highest BCUT2D eigenvalue weighted by Gasteiger charge is 2.51. The van der Waals surface area contributed by atoms with E-state index in [4.69, 9.17) is 0 Å². The van der Waals surface area contributed by atoms with Crippen molar-refractivity contribution in [1.29, 1.82) is 0 Å². The van der Waals surface area contributed by atoms with Crippen LogP contribution in [0.15, 0.2) is 105 Å². The number of hydrogen-bond acceptors (Lipinski definition) is 5. The molecule has 0 aromatic heterocycles. The molecule has 2 aliphatic heterocycles. The second kappa shape index (κ2) is 7.54. The van der Waals surface area contributed by atoms with Crippen LogP contribution in [0.25, 0.3) is 32.3 Å². The molecule has 0 spiro atoms. The Morgan fingerprint density at radius 1 is 0.500 bits per heavy atom. The number of benzene rings is 6. The molecule has 2 atom stereocenters. The lowest BCUT2D eigenvalue weighted by Gasteiger charge is -2.40. The van der Waals surface area contributed by atoms with Gasteiger partial charge in [-0.25, -0.2) is 16.8 Å². The summed E-state index contributed by atoms with van der Waals surface area (Å²) in [7, 11) is -8.00. The van der Waals surface area contributed by atoms with Gasteiger partial charge >= 0.3 is 0 Å². The maximum absolute atomic E-state index is 15.0. The molecule has 2 unspecified atom stereocenters. The van der Waals surface area contributed by atoms with Gasteiger partial charge in [-0.05, 0) is 116 Å². The Labute approximate surface area is 242 Å². The fourth-order valence-electron chi connectivity index (χ4n) is 7.77. The third-order valence-electron chi connectivity index (χ3n) is 9.49. The molecule has 0 saturated carbocycles. The fourth-order valence-corrected chi connectivity index (χ4v) is 11.5. The minimum absolute atomic E-state index is 0.0987. The molecular formula is C35H22O5S2. The zero-order valence-electron chi connectivity index (χ0n) is 22.6. The van der Waals surface area contributed by atoms with Crippen molar-refractivity contribution in [2.45, 2.75) is 45.3 Å². The lowest BCUT2D eigenvalue weighted by atomic mass is 9.68. The van der Waals surface area contributed by atoms with Gasteiger partial charge in [0.1, 0.15) is 0 Å². The summed E-state index contributed by atoms with van der Waals surface area (Å²) in [5.74, 6) is -1.89. The highest BCUT2D eigenvalue weighted by atomic mass is 32.2. The van der Waals surface area contributed by atoms with Crippen molar-refractivity contribution in [2.24, 2.45) is 0 Å². The summed E-state index contributed by atoms with van der Waals surface area (Å²) >= 11 is 0. The van der Waals surface area contributed by atoms with Gasteiger partial charge in [0.25, 0.3) is 0 Å². The second-order valence-corrected chi connectivity index (χ2v) is 15.5. The van der Waals surface area contributed by atoms with Gasteiger partial charge in [0.05, 0.1) is 31.4 Å². The van der Waals surface area contributed by atoms with Gasteiger partial charge in [0.2, 0.25) is 19.7 Å². The molecule has 7 heteroatoms. The van der Waals surface area contributed by atoms with Crippen molar-refractivity contribution in [1.82, 2.24) is 0 Å². The van der Waals surface area contributed by atoms with Gasteiger partial charge < -0.3 is 0 Å². The molecule has 0 radical (unpaired) electrons. The lowest BCUT2D eigenvalue weighted by molar-refractivity contribution is -0.120. The molecular weight excluding hydrogens is 565 g/mol. The zero-order valence-corrected chi connectivity index (χ0v) is 24.2. The number of aryl methyl sites for hydroxylation is 2. The van der Waals surface area contributed by atoms with E-state index in [2.05, 4.69) is 0 Å². The predicted molar refractivity (Wildman–Crippen MR) is 161 cm³/mol. The third kappa shape index (κ3) is 2.71. The molecule has 0 N–H and O–H groups in total. The first-order valence-electron chi connectivity index (χ1n) is 13.8. The number of ketones is 1. The van der Waals surface area contributed by atoms with Crippen molar-refractivity contribution in [3.05, 3.63) is 118 Å². The highest BCUT2D eigenvalue weighted by Crippen LogP contribution is 2.58. The highest BCUT2D eigenvalue weighted by molar-refractivity contribution is 7.92. The first kappa shape index (κ1) is 24.3. The van der Waals surface area contributed by atoms with Crippen LogP contribution in [-0.2, 0) is 24.5 Å². The van der Waals surface area contributed by atoms with Gasteiger partial charge in [0, 0.05) is 0 Å². The molecule has 0 amide bonds. The zero-order chi connectivity index (χ0) is 28.9. The van der Waals surface area contributed by atoms with E-state index in [0.717, 1.165) is 38.1 Å². The van der Waals surface area contributed by atoms with Gasteiger partial charge in [-0.2, -0.15) is 0 Å². The Kier molecular flexibility index (Phi) is 4.36. The van der Waals surface area contributed by atoms with Crippen LogP contribution in [-0.4, -0.2) is 22.6 Å². The summed E-state index contributed by atoms with van der Waals surface area (Å²) < 4.78 is 57.2. The first-order chi connectivity index (χ1) is 20.1. The van der Waals surface area contributed by atoms with Crippen molar-refractivity contribution in [3.8, 4) is 0 Å². The first-order valence-corrected chi connectivity index (χ1v) is 16.8. The van der Waals surface area contributed by atoms with E-state index in [9.17, 15) is 21.6 Å². The van der Waals surface area contributed by atoms with E-state index in [1.54, 1.807) is 24.3 Å². The van der Waals surface area contributed by atoms with Crippen LogP contribution < -0.4 is 0 Å². The number of fused-ring (bicyclic) bond motifs is 6. The van der Waals surface area contributed by atoms with Gasteiger partial charge in [-0.15, -0.1) is 0 Å². The largest absolute Gasteiger partial charge is 0.298 e. The van der Waals surface area contributed by atoms with Crippen molar-refractivity contribution < 1.29 is 21.6 Å². The van der Waals surface area contributed by atoms with Crippen molar-refractivity contribution in [3.63, 3.8) is 0 Å². The van der Waals surface area contributed by atoms with E-state index < -0.39 is 31.5 Å². The van der Waals surface area contributed by atoms with Crippen LogP contribution >= 0.6 is 0 Å². The number of carbonyl (C=O) groups excluding carboxylic acids is 1. The molecule has 0 saturated heterocycles. The maximum Gasteiger partial charge on any atom is 0.207 e. The van der Waals surface area contributed by atoms with Crippen molar-refractivity contribution >= 4 is 57.8 Å². The van der Waals surface area contributed by atoms with E-state index in [0.29, 0.717) is 27.6 Å². The Balaban J connectivity index is 1.52. The van der Waals surface area contributed by atoms with Gasteiger partial charge in [0.15, 0.2) is 5.78 Å². The smallest absolute Gasteiger partial charge is 0.207 e. The normalized spacial score (nSPS) is 20.5. The molecule has 204 valence electrons. The fraction of sp³-hybridized carbons (Fsp3) is 0.114. The van der Waals surface area contributed by atoms with E-state index in [1.165, 1.54) is 0 Å². The summed E-state index contributed by atoms with van der Waals surface area (Å²) in [6.45, 7) is 3.72. The quantitative estimate of drug-likeness (QED) is 0.193. The Morgan fingerprint density at radius 3 is 1.29 bits per heavy atom. The molecule has 5 nitrogen and oxygen atoms in total. The lowest BCUT2D eigenvalue weighted by Crippen LogP contribution is -2.36. The van der Waals surface area contributed by atoms with Crippen LogP contribution in [0.1, 0.15) is 45.2 Å². The summed E-state index contributed by atoms with van der Waals surface area (Å²) in [5, 5.41) is 4.67. The van der Waals surface area contributed by atoms with Crippen LogP contribution in [0.3, 0.4) is 0 Å². The van der Waals surface area contributed by atoms with Gasteiger partial charge in [-0.1, -0.05) is 48.5 Å². The van der Waals surface area contributed by atoms with E-state index in [1.807, 2.05) is 74.5 Å². The molecule has 3 aliphatic rings. The van der Waals surface area contributed by atoms with Crippen LogP contribution in [0.5, 0.6) is 0 Å². The van der Waals surface area contributed by atoms with Crippen LogP contribution in [0.4, 0.5) is 0 Å². The monoisotopic (exact) mass is 586 g/mol. The molecule has 0 bridgehead atoms.